The second kappa shape index (κ2) is 11.5. The molecule has 9 heteroatoms. The molecule has 0 atom stereocenters. The van der Waals surface area contributed by atoms with Gasteiger partial charge in [-0.2, -0.15) is 0 Å². The van der Waals surface area contributed by atoms with Gasteiger partial charge in [-0.05, 0) is 47.5 Å². The maximum absolute atomic E-state index is 15.1. The topological polar surface area (TPSA) is 69.7 Å². The van der Waals surface area contributed by atoms with E-state index in [1.807, 2.05) is 0 Å². The quantitative estimate of drug-likeness (QED) is 0.302. The molecule has 0 aliphatic carbocycles. The molecule has 3 aromatic rings. The number of ether oxygens (including phenoxy) is 2. The Morgan fingerprint density at radius 2 is 1.62 bits per heavy atom. The fourth-order valence-electron chi connectivity index (χ4n) is 4.43. The van der Waals surface area contributed by atoms with Crippen molar-refractivity contribution in [2.24, 2.45) is 0 Å². The summed E-state index contributed by atoms with van der Waals surface area (Å²) in [7, 11) is -3.30. The van der Waals surface area contributed by atoms with E-state index < -0.39 is 21.3 Å². The molecule has 0 bridgehead atoms. The van der Waals surface area contributed by atoms with Gasteiger partial charge in [0.15, 0.2) is 21.4 Å². The number of carbonyl (C=O) groups is 1. The van der Waals surface area contributed by atoms with Crippen molar-refractivity contribution >= 4 is 38.8 Å². The molecular weight excluding hydrogens is 538 g/mol. The van der Waals surface area contributed by atoms with Gasteiger partial charge in [0, 0.05) is 41.3 Å². The Labute approximate surface area is 226 Å². The van der Waals surface area contributed by atoms with Crippen LogP contribution in [0.1, 0.15) is 36.5 Å². The van der Waals surface area contributed by atoms with Crippen LogP contribution >= 0.6 is 23.2 Å². The first-order chi connectivity index (χ1) is 17.6. The second-order valence-corrected chi connectivity index (χ2v) is 12.2. The molecular formula is C28H27Cl2FO5S. The monoisotopic (exact) mass is 564 g/mol. The van der Waals surface area contributed by atoms with Crippen LogP contribution < -0.4 is 4.74 Å². The third-order valence-electron chi connectivity index (χ3n) is 6.49. The molecule has 1 aliphatic heterocycles. The predicted molar refractivity (Wildman–Crippen MR) is 142 cm³/mol. The average Bonchev–Trinajstić information content (AvgIpc) is 2.86. The second-order valence-electron chi connectivity index (χ2n) is 9.04. The summed E-state index contributed by atoms with van der Waals surface area (Å²) in [5.41, 5.74) is 1.07. The zero-order valence-corrected chi connectivity index (χ0v) is 22.6. The summed E-state index contributed by atoms with van der Waals surface area (Å²) in [5, 5.41) is 0.940. The maximum atomic E-state index is 15.1. The summed E-state index contributed by atoms with van der Waals surface area (Å²) in [5.74, 6) is -0.613. The lowest BCUT2D eigenvalue weighted by atomic mass is 9.86. The Morgan fingerprint density at radius 3 is 2.24 bits per heavy atom. The van der Waals surface area contributed by atoms with Crippen molar-refractivity contribution in [3.05, 3.63) is 93.2 Å². The number of ketones is 1. The minimum atomic E-state index is -3.30. The summed E-state index contributed by atoms with van der Waals surface area (Å²) in [6, 6.07) is 15.9. The number of carbonyl (C=O) groups excluding carboxylic acids is 1. The molecule has 0 saturated carbocycles. The van der Waals surface area contributed by atoms with E-state index in [9.17, 15) is 13.2 Å². The highest BCUT2D eigenvalue weighted by Gasteiger charge is 2.39. The molecule has 37 heavy (non-hydrogen) atoms. The van der Waals surface area contributed by atoms with Crippen LogP contribution in [0.15, 0.2) is 65.6 Å². The van der Waals surface area contributed by atoms with Crippen LogP contribution in [0.2, 0.25) is 10.0 Å². The van der Waals surface area contributed by atoms with E-state index in [0.717, 1.165) is 5.56 Å². The molecule has 1 fully saturated rings. The summed E-state index contributed by atoms with van der Waals surface area (Å²) < 4.78 is 50.8. The van der Waals surface area contributed by atoms with Crippen molar-refractivity contribution < 1.29 is 27.1 Å². The zero-order chi connectivity index (χ0) is 26.6. The first-order valence-corrected chi connectivity index (χ1v) is 14.4. The third kappa shape index (κ3) is 6.52. The Hall–Kier alpha value is -2.45. The standard InChI is InChI=1S/C28H27Cl2FO5S/c1-2-37(33,34)23-7-3-19(4-8-23)15-22(32)16-20-5-10-27(26(31)17-20)36-28(11-13-35-14-12-28)24-9-6-21(29)18-25(24)30/h3-10,17-18H,2,11-16H2,1H3. The fourth-order valence-corrected chi connectivity index (χ4v) is 5.90. The van der Waals surface area contributed by atoms with E-state index in [1.54, 1.807) is 43.3 Å². The largest absolute Gasteiger partial charge is 0.479 e. The summed E-state index contributed by atoms with van der Waals surface area (Å²) in [4.78, 5) is 12.9. The van der Waals surface area contributed by atoms with E-state index in [2.05, 4.69) is 0 Å². The van der Waals surface area contributed by atoms with Gasteiger partial charge in [-0.3, -0.25) is 4.79 Å². The van der Waals surface area contributed by atoms with Gasteiger partial charge in [-0.25, -0.2) is 12.8 Å². The van der Waals surface area contributed by atoms with Crippen LogP contribution in [0.25, 0.3) is 0 Å². The predicted octanol–water partition coefficient (Wildman–Crippen LogP) is 6.37. The van der Waals surface area contributed by atoms with Crippen LogP contribution in [0.5, 0.6) is 5.75 Å². The molecule has 0 spiro atoms. The van der Waals surface area contributed by atoms with E-state index in [1.165, 1.54) is 24.3 Å². The molecule has 1 aliphatic rings. The van der Waals surface area contributed by atoms with Crippen LogP contribution in [0.4, 0.5) is 4.39 Å². The maximum Gasteiger partial charge on any atom is 0.178 e. The summed E-state index contributed by atoms with van der Waals surface area (Å²) in [6.45, 7) is 2.47. The smallest absolute Gasteiger partial charge is 0.178 e. The molecule has 196 valence electrons. The van der Waals surface area contributed by atoms with Crippen molar-refractivity contribution in [1.29, 1.82) is 0 Å². The first kappa shape index (κ1) is 27.6. The lowest BCUT2D eigenvalue weighted by Gasteiger charge is -2.38. The number of halogens is 3. The van der Waals surface area contributed by atoms with Crippen LogP contribution in [0, 0.1) is 5.82 Å². The molecule has 4 rings (SSSR count). The van der Waals surface area contributed by atoms with Gasteiger partial charge in [0.05, 0.1) is 23.9 Å². The highest BCUT2D eigenvalue weighted by atomic mass is 35.5. The average molecular weight is 565 g/mol. The highest BCUT2D eigenvalue weighted by molar-refractivity contribution is 7.91. The van der Waals surface area contributed by atoms with E-state index in [0.29, 0.717) is 47.2 Å². The molecule has 3 aromatic carbocycles. The Morgan fingerprint density at radius 1 is 0.973 bits per heavy atom. The van der Waals surface area contributed by atoms with Crippen molar-refractivity contribution in [1.82, 2.24) is 0 Å². The minimum Gasteiger partial charge on any atom is -0.479 e. The Balaban J connectivity index is 1.47. The fraction of sp³-hybridized carbons (Fsp3) is 0.321. The van der Waals surface area contributed by atoms with E-state index >= 15 is 4.39 Å². The number of benzene rings is 3. The molecule has 0 aromatic heterocycles. The normalized spacial score (nSPS) is 15.4. The SMILES string of the molecule is CCS(=O)(=O)c1ccc(CC(=O)Cc2ccc(OC3(c4ccc(Cl)cc4Cl)CCOCC3)c(F)c2)cc1. The number of Topliss-reactive ketones (excluding diaryl/α,β-unsaturated/α-hetero) is 1. The molecule has 1 heterocycles. The van der Waals surface area contributed by atoms with Crippen molar-refractivity contribution in [3.8, 4) is 5.75 Å². The van der Waals surface area contributed by atoms with Gasteiger partial charge >= 0.3 is 0 Å². The van der Waals surface area contributed by atoms with Crippen LogP contribution in [0.3, 0.4) is 0 Å². The van der Waals surface area contributed by atoms with Gasteiger partial charge in [-0.1, -0.05) is 54.4 Å². The van der Waals surface area contributed by atoms with E-state index in [4.69, 9.17) is 32.7 Å². The van der Waals surface area contributed by atoms with Gasteiger partial charge < -0.3 is 9.47 Å². The third-order valence-corrected chi connectivity index (χ3v) is 8.79. The van der Waals surface area contributed by atoms with Gasteiger partial charge in [0.25, 0.3) is 0 Å². The zero-order valence-electron chi connectivity index (χ0n) is 20.3. The van der Waals surface area contributed by atoms with Crippen molar-refractivity contribution in [2.45, 2.75) is 43.1 Å². The van der Waals surface area contributed by atoms with Gasteiger partial charge in [0.2, 0.25) is 0 Å². The lowest BCUT2D eigenvalue weighted by Crippen LogP contribution is -2.39. The molecule has 0 unspecified atom stereocenters. The first-order valence-electron chi connectivity index (χ1n) is 12.0. The number of sulfone groups is 1. The summed E-state index contributed by atoms with van der Waals surface area (Å²) in [6.07, 6.45) is 1.14. The van der Waals surface area contributed by atoms with Crippen LogP contribution in [-0.4, -0.2) is 33.2 Å². The molecule has 0 amide bonds. The minimum absolute atomic E-state index is 0.0121. The van der Waals surface area contributed by atoms with Crippen LogP contribution in [-0.2, 0) is 37.8 Å². The van der Waals surface area contributed by atoms with Gasteiger partial charge in [-0.15, -0.1) is 0 Å². The highest BCUT2D eigenvalue weighted by Crippen LogP contribution is 2.42. The van der Waals surface area contributed by atoms with Crippen molar-refractivity contribution in [3.63, 3.8) is 0 Å². The lowest BCUT2D eigenvalue weighted by molar-refractivity contribution is -0.117. The Kier molecular flexibility index (Phi) is 8.59. The number of hydrogen-bond acceptors (Lipinski definition) is 5. The summed E-state index contributed by atoms with van der Waals surface area (Å²) >= 11 is 12.5. The number of hydrogen-bond donors (Lipinski definition) is 0. The number of rotatable bonds is 9. The Bertz CT molecular complexity index is 1380. The van der Waals surface area contributed by atoms with E-state index in [-0.39, 0.29) is 35.0 Å². The molecule has 1 saturated heterocycles. The molecule has 0 N–H and O–H groups in total. The van der Waals surface area contributed by atoms with Crippen molar-refractivity contribution in [2.75, 3.05) is 19.0 Å². The van der Waals surface area contributed by atoms with Gasteiger partial charge in [0.1, 0.15) is 11.4 Å². The molecule has 0 radical (unpaired) electrons. The molecule has 5 nitrogen and oxygen atoms in total.